The average molecular weight is 255 g/mol. The number of allylic oxidation sites excluding steroid dienone is 4. The number of hydrogen-bond acceptors (Lipinski definition) is 2. The lowest BCUT2D eigenvalue weighted by atomic mass is 10.0. The summed E-state index contributed by atoms with van der Waals surface area (Å²) in [5.74, 6) is 1.04. The molecule has 100 valence electrons. The van der Waals surface area contributed by atoms with Gasteiger partial charge in [-0.05, 0) is 44.1 Å². The molecule has 19 heavy (non-hydrogen) atoms. The van der Waals surface area contributed by atoms with Crippen molar-refractivity contribution in [3.05, 3.63) is 65.6 Å². The third-order valence-corrected chi connectivity index (χ3v) is 3.20. The molecule has 0 amide bonds. The third kappa shape index (κ3) is 3.50. The zero-order valence-corrected chi connectivity index (χ0v) is 11.7. The van der Waals surface area contributed by atoms with Crippen LogP contribution >= 0.6 is 0 Å². The first kappa shape index (κ1) is 13.5. The van der Waals surface area contributed by atoms with E-state index >= 15 is 0 Å². The Morgan fingerprint density at radius 3 is 2.63 bits per heavy atom. The van der Waals surface area contributed by atoms with Crippen LogP contribution in [0.5, 0.6) is 0 Å². The van der Waals surface area contributed by atoms with Crippen molar-refractivity contribution in [3.63, 3.8) is 0 Å². The van der Waals surface area contributed by atoms with Gasteiger partial charge in [0.25, 0.3) is 0 Å². The van der Waals surface area contributed by atoms with E-state index in [1.807, 2.05) is 13.0 Å². The van der Waals surface area contributed by atoms with Gasteiger partial charge in [-0.15, -0.1) is 0 Å². The van der Waals surface area contributed by atoms with Crippen molar-refractivity contribution in [2.24, 2.45) is 0 Å². The van der Waals surface area contributed by atoms with Gasteiger partial charge in [-0.1, -0.05) is 30.4 Å². The minimum atomic E-state index is 0.715. The fourth-order valence-electron chi connectivity index (χ4n) is 2.14. The highest BCUT2D eigenvalue weighted by Gasteiger charge is 2.12. The molecule has 0 atom stereocenters. The van der Waals surface area contributed by atoms with Gasteiger partial charge in [0.05, 0.1) is 12.4 Å². The maximum absolute atomic E-state index is 5.62. The zero-order chi connectivity index (χ0) is 13.7. The van der Waals surface area contributed by atoms with Crippen LogP contribution < -0.4 is 5.32 Å². The quantitative estimate of drug-likeness (QED) is 0.832. The summed E-state index contributed by atoms with van der Waals surface area (Å²) in [5.41, 5.74) is 4.68. The van der Waals surface area contributed by atoms with E-state index in [1.54, 1.807) is 0 Å². The first-order valence-electron chi connectivity index (χ1n) is 6.75. The van der Waals surface area contributed by atoms with Gasteiger partial charge in [0.1, 0.15) is 0 Å². The van der Waals surface area contributed by atoms with E-state index in [4.69, 9.17) is 4.74 Å². The number of aryl methyl sites for hydroxylation is 1. The molecule has 1 aliphatic carbocycles. The highest BCUT2D eigenvalue weighted by Crippen LogP contribution is 2.26. The number of rotatable bonds is 5. The van der Waals surface area contributed by atoms with Crippen molar-refractivity contribution < 1.29 is 4.74 Å². The Balaban J connectivity index is 2.21. The summed E-state index contributed by atoms with van der Waals surface area (Å²) >= 11 is 0. The van der Waals surface area contributed by atoms with Gasteiger partial charge in [-0.3, -0.25) is 0 Å². The molecule has 1 N–H and O–H groups in total. The minimum Gasteiger partial charge on any atom is -0.498 e. The molecule has 1 aromatic carbocycles. The summed E-state index contributed by atoms with van der Waals surface area (Å²) in [6, 6.07) is 8.39. The highest BCUT2D eigenvalue weighted by atomic mass is 16.5. The molecular formula is C17H21NO. The fraction of sp³-hybridized carbons (Fsp3) is 0.294. The van der Waals surface area contributed by atoms with E-state index in [2.05, 4.69) is 49.2 Å². The van der Waals surface area contributed by atoms with E-state index in [1.165, 1.54) is 11.1 Å². The first-order chi connectivity index (χ1) is 9.22. The van der Waals surface area contributed by atoms with Gasteiger partial charge in [-0.2, -0.15) is 0 Å². The summed E-state index contributed by atoms with van der Waals surface area (Å²) in [6.07, 6.45) is 5.94. The predicted molar refractivity (Wildman–Crippen MR) is 81.0 cm³/mol. The lowest BCUT2D eigenvalue weighted by Crippen LogP contribution is -2.08. The Kier molecular flexibility index (Phi) is 4.45. The van der Waals surface area contributed by atoms with E-state index in [0.717, 1.165) is 30.0 Å². The maximum atomic E-state index is 5.62. The molecular weight excluding hydrogens is 234 g/mol. The lowest BCUT2D eigenvalue weighted by molar-refractivity contribution is 0.217. The van der Waals surface area contributed by atoms with Gasteiger partial charge in [0, 0.05) is 17.8 Å². The number of nitrogens with one attached hydrogen (secondary N) is 1. The molecule has 2 nitrogen and oxygen atoms in total. The number of benzene rings is 1. The predicted octanol–water partition coefficient (Wildman–Crippen LogP) is 4.56. The van der Waals surface area contributed by atoms with Crippen LogP contribution in [-0.4, -0.2) is 6.61 Å². The Morgan fingerprint density at radius 1 is 1.26 bits per heavy atom. The summed E-state index contributed by atoms with van der Waals surface area (Å²) in [4.78, 5) is 0. The molecule has 0 radical (unpaired) electrons. The van der Waals surface area contributed by atoms with Crippen LogP contribution in [0.4, 0.5) is 5.69 Å². The lowest BCUT2D eigenvalue weighted by Gasteiger charge is -2.20. The van der Waals surface area contributed by atoms with Gasteiger partial charge >= 0.3 is 0 Å². The maximum Gasteiger partial charge on any atom is 0.0983 e. The number of hydrogen-bond donors (Lipinski definition) is 1. The van der Waals surface area contributed by atoms with Crippen molar-refractivity contribution in [2.75, 3.05) is 11.9 Å². The second-order valence-electron chi connectivity index (χ2n) is 4.68. The van der Waals surface area contributed by atoms with Crippen LogP contribution in [0.2, 0.25) is 0 Å². The molecule has 0 saturated heterocycles. The zero-order valence-electron chi connectivity index (χ0n) is 11.7. The molecule has 0 fully saturated rings. The largest absolute Gasteiger partial charge is 0.498 e. The highest BCUT2D eigenvalue weighted by molar-refractivity contribution is 5.55. The van der Waals surface area contributed by atoms with E-state index in [0.29, 0.717) is 6.61 Å². The van der Waals surface area contributed by atoms with Gasteiger partial charge < -0.3 is 10.1 Å². The molecule has 0 spiro atoms. The summed E-state index contributed by atoms with van der Waals surface area (Å²) in [5, 5.41) is 3.45. The summed E-state index contributed by atoms with van der Waals surface area (Å²) in [6.45, 7) is 8.71. The van der Waals surface area contributed by atoms with E-state index < -0.39 is 0 Å². The van der Waals surface area contributed by atoms with Crippen LogP contribution in [0.15, 0.2) is 60.0 Å². The molecule has 0 aliphatic heterocycles. The second kappa shape index (κ2) is 6.28. The molecule has 0 unspecified atom stereocenters. The Morgan fingerprint density at radius 2 is 2.00 bits per heavy atom. The average Bonchev–Trinajstić information content (AvgIpc) is 2.42. The Hall–Kier alpha value is -1.96. The van der Waals surface area contributed by atoms with Crippen molar-refractivity contribution >= 4 is 5.69 Å². The molecule has 0 saturated carbocycles. The second-order valence-corrected chi connectivity index (χ2v) is 4.68. The summed E-state index contributed by atoms with van der Waals surface area (Å²) in [7, 11) is 0. The third-order valence-electron chi connectivity index (χ3n) is 3.20. The van der Waals surface area contributed by atoms with Gasteiger partial charge in [-0.25, -0.2) is 0 Å². The van der Waals surface area contributed by atoms with Crippen LogP contribution in [0.25, 0.3) is 0 Å². The molecule has 2 heteroatoms. The van der Waals surface area contributed by atoms with Crippen molar-refractivity contribution in [3.8, 4) is 0 Å². The Labute approximate surface area is 115 Å². The molecule has 1 aliphatic rings. The molecule has 0 aromatic heterocycles. The molecule has 2 rings (SSSR count). The normalized spacial score (nSPS) is 14.9. The first-order valence-corrected chi connectivity index (χ1v) is 6.75. The van der Waals surface area contributed by atoms with Crippen molar-refractivity contribution in [1.82, 2.24) is 0 Å². The van der Waals surface area contributed by atoms with E-state index in [-0.39, 0.29) is 0 Å². The number of anilines is 1. The van der Waals surface area contributed by atoms with Crippen LogP contribution in [0.1, 0.15) is 25.3 Å². The minimum absolute atomic E-state index is 0.715. The summed E-state index contributed by atoms with van der Waals surface area (Å²) < 4.78 is 5.62. The molecule has 0 bridgehead atoms. The standard InChI is InChI=1S/C17H21NO/c1-4-14-8-11-16(19-5-2)12-17(14)18-15-9-6-13(3)7-10-15/h4,6-7,9-10,12,18H,1,5,8,11H2,2-3H3. The smallest absolute Gasteiger partial charge is 0.0983 e. The fourth-order valence-corrected chi connectivity index (χ4v) is 2.14. The van der Waals surface area contributed by atoms with Gasteiger partial charge in [0.2, 0.25) is 0 Å². The molecule has 1 aromatic rings. The van der Waals surface area contributed by atoms with Crippen molar-refractivity contribution in [1.29, 1.82) is 0 Å². The van der Waals surface area contributed by atoms with E-state index in [9.17, 15) is 0 Å². The SMILES string of the molecule is C=CC1=C(Nc2ccc(C)cc2)C=C(OCC)CC1. The number of ether oxygens (including phenoxy) is 1. The topological polar surface area (TPSA) is 21.3 Å². The monoisotopic (exact) mass is 255 g/mol. The Bertz CT molecular complexity index is 509. The van der Waals surface area contributed by atoms with Crippen molar-refractivity contribution in [2.45, 2.75) is 26.7 Å². The molecule has 0 heterocycles. The van der Waals surface area contributed by atoms with Crippen LogP contribution in [0.3, 0.4) is 0 Å². The van der Waals surface area contributed by atoms with Gasteiger partial charge in [0.15, 0.2) is 0 Å². The van der Waals surface area contributed by atoms with Crippen LogP contribution in [0, 0.1) is 6.92 Å². The van der Waals surface area contributed by atoms with Crippen LogP contribution in [-0.2, 0) is 4.74 Å².